The Bertz CT molecular complexity index is 410. The Labute approximate surface area is 98.5 Å². The van der Waals surface area contributed by atoms with E-state index in [1.807, 2.05) is 0 Å². The smallest absolute Gasteiger partial charge is 0.0801 e. The molecule has 0 aromatic heterocycles. The Morgan fingerprint density at radius 3 is 2.44 bits per heavy atom. The molecule has 1 heteroatoms. The summed E-state index contributed by atoms with van der Waals surface area (Å²) in [7, 11) is 0. The predicted octanol–water partition coefficient (Wildman–Crippen LogP) is 3.70. The second-order valence-electron chi connectivity index (χ2n) is 6.66. The maximum Gasteiger partial charge on any atom is 0.0801 e. The lowest BCUT2D eigenvalue weighted by molar-refractivity contribution is 0.161. The van der Waals surface area contributed by atoms with E-state index >= 15 is 0 Å². The molecule has 1 nitrogen and oxygen atoms in total. The van der Waals surface area contributed by atoms with E-state index in [0.29, 0.717) is 0 Å². The molecule has 1 N–H and O–H groups in total. The minimum Gasteiger partial charge on any atom is -0.388 e. The average molecular weight is 218 g/mol. The molecule has 88 valence electrons. The van der Waals surface area contributed by atoms with E-state index in [2.05, 4.69) is 52.8 Å². The molecule has 1 aromatic carbocycles. The van der Waals surface area contributed by atoms with E-state index in [9.17, 15) is 5.11 Å². The summed E-state index contributed by atoms with van der Waals surface area (Å²) in [5, 5.41) is 10.1. The second-order valence-corrected chi connectivity index (χ2v) is 6.66. The van der Waals surface area contributed by atoms with Crippen LogP contribution in [0, 0.1) is 0 Å². The molecule has 0 saturated carbocycles. The highest BCUT2D eigenvalue weighted by Crippen LogP contribution is 2.45. The Kier molecular flexibility index (Phi) is 2.43. The largest absolute Gasteiger partial charge is 0.388 e. The van der Waals surface area contributed by atoms with Crippen LogP contribution >= 0.6 is 0 Å². The Morgan fingerprint density at radius 1 is 1.25 bits per heavy atom. The zero-order chi connectivity index (χ0) is 12.1. The standard InChI is InChI=1S/C15H22O/c1-14(2,3)10-6-7-12-11(8-10)13(16)9-15(12,4)5/h6-8,13,16H,9H2,1-5H3. The maximum absolute atomic E-state index is 10.1. The fraction of sp³-hybridized carbons (Fsp3) is 0.600. The minimum absolute atomic E-state index is 0.116. The summed E-state index contributed by atoms with van der Waals surface area (Å²) in [5.74, 6) is 0. The highest BCUT2D eigenvalue weighted by molar-refractivity contribution is 5.44. The molecule has 2 rings (SSSR count). The van der Waals surface area contributed by atoms with Gasteiger partial charge in [0.2, 0.25) is 0 Å². The van der Waals surface area contributed by atoms with Crippen LogP contribution in [-0.4, -0.2) is 5.11 Å². The van der Waals surface area contributed by atoms with Crippen LogP contribution in [-0.2, 0) is 10.8 Å². The van der Waals surface area contributed by atoms with Crippen LogP contribution in [0.3, 0.4) is 0 Å². The predicted molar refractivity (Wildman–Crippen MR) is 67.7 cm³/mol. The van der Waals surface area contributed by atoms with Crippen molar-refractivity contribution < 1.29 is 5.11 Å². The van der Waals surface area contributed by atoms with Crippen LogP contribution in [0.4, 0.5) is 0 Å². The van der Waals surface area contributed by atoms with Crippen LogP contribution in [0.1, 0.15) is 63.8 Å². The fourth-order valence-corrected chi connectivity index (χ4v) is 2.62. The summed E-state index contributed by atoms with van der Waals surface area (Å²) in [4.78, 5) is 0. The van der Waals surface area contributed by atoms with Gasteiger partial charge in [-0.05, 0) is 33.9 Å². The van der Waals surface area contributed by atoms with Crippen molar-refractivity contribution in [1.29, 1.82) is 0 Å². The van der Waals surface area contributed by atoms with Gasteiger partial charge in [-0.1, -0.05) is 52.8 Å². The fourth-order valence-electron chi connectivity index (χ4n) is 2.62. The first-order valence-corrected chi connectivity index (χ1v) is 6.05. The Morgan fingerprint density at radius 2 is 1.88 bits per heavy atom. The van der Waals surface area contributed by atoms with Crippen molar-refractivity contribution in [2.75, 3.05) is 0 Å². The van der Waals surface area contributed by atoms with Gasteiger partial charge in [0.25, 0.3) is 0 Å². The lowest BCUT2D eigenvalue weighted by atomic mass is 9.82. The zero-order valence-electron chi connectivity index (χ0n) is 11.0. The summed E-state index contributed by atoms with van der Waals surface area (Å²) in [6, 6.07) is 6.60. The average Bonchev–Trinajstić information content (AvgIpc) is 2.36. The monoisotopic (exact) mass is 218 g/mol. The lowest BCUT2D eigenvalue weighted by Gasteiger charge is -2.22. The van der Waals surface area contributed by atoms with E-state index in [-0.39, 0.29) is 16.9 Å². The van der Waals surface area contributed by atoms with Crippen molar-refractivity contribution in [3.63, 3.8) is 0 Å². The molecule has 1 unspecified atom stereocenters. The van der Waals surface area contributed by atoms with Gasteiger partial charge in [0.1, 0.15) is 0 Å². The van der Waals surface area contributed by atoms with Crippen molar-refractivity contribution >= 4 is 0 Å². The van der Waals surface area contributed by atoms with Gasteiger partial charge in [-0.3, -0.25) is 0 Å². The Balaban J connectivity index is 2.53. The second kappa shape index (κ2) is 3.33. The third-order valence-corrected chi connectivity index (χ3v) is 3.71. The quantitative estimate of drug-likeness (QED) is 0.704. The van der Waals surface area contributed by atoms with Gasteiger partial charge in [-0.15, -0.1) is 0 Å². The summed E-state index contributed by atoms with van der Waals surface area (Å²) in [5.41, 5.74) is 4.03. The van der Waals surface area contributed by atoms with Gasteiger partial charge in [-0.2, -0.15) is 0 Å². The van der Waals surface area contributed by atoms with Gasteiger partial charge < -0.3 is 5.11 Å². The molecule has 0 aliphatic heterocycles. The first-order chi connectivity index (χ1) is 7.22. The van der Waals surface area contributed by atoms with Crippen LogP contribution in [0.5, 0.6) is 0 Å². The SMILES string of the molecule is CC(C)(C)c1ccc2c(c1)C(O)CC2(C)C. The van der Waals surface area contributed by atoms with Crippen LogP contribution < -0.4 is 0 Å². The lowest BCUT2D eigenvalue weighted by Crippen LogP contribution is -2.14. The van der Waals surface area contributed by atoms with E-state index < -0.39 is 0 Å². The number of aliphatic hydroxyl groups excluding tert-OH is 1. The number of hydrogen-bond donors (Lipinski definition) is 1. The topological polar surface area (TPSA) is 20.2 Å². The molecular weight excluding hydrogens is 196 g/mol. The van der Waals surface area contributed by atoms with Crippen molar-refractivity contribution in [3.8, 4) is 0 Å². The molecule has 1 aliphatic rings. The zero-order valence-corrected chi connectivity index (χ0v) is 11.0. The summed E-state index contributed by atoms with van der Waals surface area (Å²) >= 11 is 0. The first-order valence-electron chi connectivity index (χ1n) is 6.05. The molecule has 0 bridgehead atoms. The highest BCUT2D eigenvalue weighted by Gasteiger charge is 2.36. The normalized spacial score (nSPS) is 23.2. The van der Waals surface area contributed by atoms with Crippen molar-refractivity contribution in [2.45, 2.75) is 58.0 Å². The van der Waals surface area contributed by atoms with E-state index in [0.717, 1.165) is 12.0 Å². The van der Waals surface area contributed by atoms with Gasteiger partial charge in [0.05, 0.1) is 6.10 Å². The molecule has 1 aromatic rings. The molecule has 0 heterocycles. The summed E-state index contributed by atoms with van der Waals surface area (Å²) in [6.45, 7) is 11.0. The first kappa shape index (κ1) is 11.7. The third-order valence-electron chi connectivity index (χ3n) is 3.71. The highest BCUT2D eigenvalue weighted by atomic mass is 16.3. The summed E-state index contributed by atoms with van der Waals surface area (Å²) in [6.07, 6.45) is 0.558. The van der Waals surface area contributed by atoms with Crippen LogP contribution in [0.15, 0.2) is 18.2 Å². The van der Waals surface area contributed by atoms with Gasteiger partial charge in [0, 0.05) is 0 Å². The minimum atomic E-state index is -0.285. The number of rotatable bonds is 0. The van der Waals surface area contributed by atoms with Crippen molar-refractivity contribution in [1.82, 2.24) is 0 Å². The maximum atomic E-state index is 10.1. The van der Waals surface area contributed by atoms with Gasteiger partial charge in [0.15, 0.2) is 0 Å². The number of fused-ring (bicyclic) bond motifs is 1. The molecule has 0 amide bonds. The third kappa shape index (κ3) is 1.78. The number of aliphatic hydroxyl groups is 1. The number of benzene rings is 1. The molecular formula is C15H22O. The van der Waals surface area contributed by atoms with Gasteiger partial charge >= 0.3 is 0 Å². The van der Waals surface area contributed by atoms with Crippen molar-refractivity contribution in [3.05, 3.63) is 34.9 Å². The van der Waals surface area contributed by atoms with Crippen LogP contribution in [0.2, 0.25) is 0 Å². The Hall–Kier alpha value is -0.820. The van der Waals surface area contributed by atoms with Crippen LogP contribution in [0.25, 0.3) is 0 Å². The number of hydrogen-bond acceptors (Lipinski definition) is 1. The molecule has 0 fully saturated rings. The van der Waals surface area contributed by atoms with E-state index in [1.165, 1.54) is 11.1 Å². The molecule has 1 aliphatic carbocycles. The van der Waals surface area contributed by atoms with Gasteiger partial charge in [-0.25, -0.2) is 0 Å². The van der Waals surface area contributed by atoms with Crippen molar-refractivity contribution in [2.24, 2.45) is 0 Å². The molecule has 0 radical (unpaired) electrons. The molecule has 1 atom stereocenters. The molecule has 16 heavy (non-hydrogen) atoms. The summed E-state index contributed by atoms with van der Waals surface area (Å²) < 4.78 is 0. The molecule has 0 spiro atoms. The van der Waals surface area contributed by atoms with E-state index in [4.69, 9.17) is 0 Å². The van der Waals surface area contributed by atoms with E-state index in [1.54, 1.807) is 0 Å². The molecule has 0 saturated heterocycles.